The van der Waals surface area contributed by atoms with Gasteiger partial charge >= 0.3 is 0 Å². The lowest BCUT2D eigenvalue weighted by Crippen LogP contribution is -2.48. The summed E-state index contributed by atoms with van der Waals surface area (Å²) in [6.45, 7) is 7.15. The second kappa shape index (κ2) is 8.28. The molecule has 2 rings (SSSR count). The second-order valence-electron chi connectivity index (χ2n) is 6.77. The fraction of sp³-hybridized carbons (Fsp3) is 0.333. The number of hydrogen-bond acceptors (Lipinski definition) is 1. The molecule has 23 heavy (non-hydrogen) atoms. The fourth-order valence-electron chi connectivity index (χ4n) is 3.48. The van der Waals surface area contributed by atoms with Gasteiger partial charge in [0.05, 0.1) is 8.07 Å². The van der Waals surface area contributed by atoms with Gasteiger partial charge in [-0.1, -0.05) is 91.1 Å². The lowest BCUT2D eigenvalue weighted by atomic mass is 9.96. The van der Waals surface area contributed by atoms with Crippen molar-refractivity contribution in [3.05, 3.63) is 78.4 Å². The van der Waals surface area contributed by atoms with Crippen LogP contribution >= 0.6 is 0 Å². The van der Waals surface area contributed by atoms with Crippen LogP contribution in [0.5, 0.6) is 0 Å². The summed E-state index contributed by atoms with van der Waals surface area (Å²) < 4.78 is 0. The first-order valence-electron chi connectivity index (χ1n) is 8.42. The maximum absolute atomic E-state index is 10.1. The molecule has 0 aliphatic heterocycles. The molecule has 2 heteroatoms. The smallest absolute Gasteiger partial charge is 0.0877 e. The predicted molar refractivity (Wildman–Crippen MR) is 103 cm³/mol. The Morgan fingerprint density at radius 1 is 0.957 bits per heavy atom. The van der Waals surface area contributed by atoms with Crippen LogP contribution in [-0.2, 0) is 6.42 Å². The highest BCUT2D eigenvalue weighted by Gasteiger charge is 2.36. The van der Waals surface area contributed by atoms with E-state index in [1.54, 1.807) is 0 Å². The van der Waals surface area contributed by atoms with Crippen LogP contribution in [0.15, 0.2) is 72.8 Å². The Kier molecular flexibility index (Phi) is 6.37. The average molecular weight is 325 g/mol. The number of aliphatic hydroxyl groups is 1. The summed E-state index contributed by atoms with van der Waals surface area (Å²) in [5.41, 5.74) is 1.72. The number of benzene rings is 2. The highest BCUT2D eigenvalue weighted by molar-refractivity contribution is 6.91. The molecule has 2 atom stereocenters. The molecule has 0 heterocycles. The van der Waals surface area contributed by atoms with Gasteiger partial charge in [0.1, 0.15) is 0 Å². The van der Waals surface area contributed by atoms with Gasteiger partial charge < -0.3 is 5.11 Å². The van der Waals surface area contributed by atoms with E-state index in [4.69, 9.17) is 0 Å². The molecular formula is C21H28OSi. The van der Waals surface area contributed by atoms with E-state index in [-0.39, 0.29) is 12.5 Å². The SMILES string of the molecule is C/C=C/[C@H]([C@@H](CO)Cc1ccccc1)[Si](C)(C)c1ccccc1. The molecule has 2 aromatic carbocycles. The first-order chi connectivity index (χ1) is 11.1. The normalized spacial score (nSPS) is 14.8. The van der Waals surface area contributed by atoms with Gasteiger partial charge in [-0.25, -0.2) is 0 Å². The summed E-state index contributed by atoms with van der Waals surface area (Å²) in [4.78, 5) is 0. The molecule has 0 radical (unpaired) electrons. The molecule has 0 bridgehead atoms. The lowest BCUT2D eigenvalue weighted by Gasteiger charge is -2.36. The van der Waals surface area contributed by atoms with Crippen molar-refractivity contribution in [1.29, 1.82) is 0 Å². The van der Waals surface area contributed by atoms with E-state index in [1.807, 2.05) is 6.07 Å². The van der Waals surface area contributed by atoms with E-state index in [9.17, 15) is 5.11 Å². The minimum Gasteiger partial charge on any atom is -0.396 e. The summed E-state index contributed by atoms with van der Waals surface area (Å²) in [5.74, 6) is 0.260. The maximum Gasteiger partial charge on any atom is 0.0877 e. The van der Waals surface area contributed by atoms with Crippen LogP contribution in [0, 0.1) is 5.92 Å². The zero-order chi connectivity index (χ0) is 16.7. The predicted octanol–water partition coefficient (Wildman–Crippen LogP) is 4.40. The minimum atomic E-state index is -1.71. The van der Waals surface area contributed by atoms with Crippen molar-refractivity contribution in [3.8, 4) is 0 Å². The fourth-order valence-corrected chi connectivity index (χ4v) is 6.99. The summed E-state index contributed by atoms with van der Waals surface area (Å²) in [6.07, 6.45) is 5.40. The third-order valence-corrected chi connectivity index (χ3v) is 8.99. The lowest BCUT2D eigenvalue weighted by molar-refractivity contribution is 0.225. The van der Waals surface area contributed by atoms with Gasteiger partial charge in [-0.2, -0.15) is 0 Å². The highest BCUT2D eigenvalue weighted by Crippen LogP contribution is 2.33. The second-order valence-corrected chi connectivity index (χ2v) is 11.5. The van der Waals surface area contributed by atoms with E-state index in [2.05, 4.69) is 86.8 Å². The Morgan fingerprint density at radius 2 is 1.52 bits per heavy atom. The summed E-state index contributed by atoms with van der Waals surface area (Å²) in [7, 11) is -1.71. The van der Waals surface area contributed by atoms with E-state index >= 15 is 0 Å². The summed E-state index contributed by atoms with van der Waals surface area (Å²) in [6, 6.07) is 21.3. The molecular weight excluding hydrogens is 296 g/mol. The molecule has 1 N–H and O–H groups in total. The highest BCUT2D eigenvalue weighted by atomic mass is 28.3. The summed E-state index contributed by atoms with van der Waals surface area (Å²) in [5, 5.41) is 11.5. The number of allylic oxidation sites excluding steroid dienone is 2. The number of rotatable bonds is 7. The number of hydrogen-bond donors (Lipinski definition) is 1. The minimum absolute atomic E-state index is 0.229. The van der Waals surface area contributed by atoms with Crippen molar-refractivity contribution in [2.45, 2.75) is 32.0 Å². The molecule has 0 aliphatic carbocycles. The van der Waals surface area contributed by atoms with Crippen LogP contribution in [0.2, 0.25) is 18.6 Å². The third-order valence-electron chi connectivity index (χ3n) is 4.83. The Morgan fingerprint density at radius 3 is 2.04 bits per heavy atom. The van der Waals surface area contributed by atoms with Gasteiger partial charge in [-0.15, -0.1) is 0 Å². The van der Waals surface area contributed by atoms with Crippen LogP contribution in [0.25, 0.3) is 0 Å². The standard InChI is InChI=1S/C21H28OSi/c1-4-11-21(23(2,3)20-14-9-6-10-15-20)19(17-22)16-18-12-7-5-8-13-18/h4-15,19,21-22H,16-17H2,1-3H3/b11-4+/t19-,21-/m1/s1. The van der Waals surface area contributed by atoms with Gasteiger partial charge in [0.25, 0.3) is 0 Å². The zero-order valence-corrected chi connectivity index (χ0v) is 15.4. The molecule has 0 fully saturated rings. The monoisotopic (exact) mass is 324 g/mol. The Labute approximate surface area is 141 Å². The van der Waals surface area contributed by atoms with Crippen LogP contribution in [0.1, 0.15) is 12.5 Å². The van der Waals surface area contributed by atoms with Crippen molar-refractivity contribution < 1.29 is 5.11 Å². The maximum atomic E-state index is 10.1. The van der Waals surface area contributed by atoms with Crippen molar-refractivity contribution >= 4 is 13.3 Å². The molecule has 0 spiro atoms. The molecule has 0 amide bonds. The quantitative estimate of drug-likeness (QED) is 0.591. The average Bonchev–Trinajstić information content (AvgIpc) is 2.59. The largest absolute Gasteiger partial charge is 0.396 e. The van der Waals surface area contributed by atoms with Crippen molar-refractivity contribution in [3.63, 3.8) is 0 Å². The van der Waals surface area contributed by atoms with Crippen molar-refractivity contribution in [2.24, 2.45) is 5.92 Å². The summed E-state index contributed by atoms with van der Waals surface area (Å²) >= 11 is 0. The van der Waals surface area contributed by atoms with Crippen LogP contribution in [0.3, 0.4) is 0 Å². The zero-order valence-electron chi connectivity index (χ0n) is 14.4. The number of aliphatic hydroxyl groups excluding tert-OH is 1. The first-order valence-corrected chi connectivity index (χ1v) is 11.5. The van der Waals surface area contributed by atoms with Gasteiger partial charge in [0.15, 0.2) is 0 Å². The molecule has 0 aromatic heterocycles. The molecule has 0 saturated heterocycles. The Hall–Kier alpha value is -1.64. The van der Waals surface area contributed by atoms with Gasteiger partial charge in [0, 0.05) is 6.61 Å². The van der Waals surface area contributed by atoms with E-state index in [1.165, 1.54) is 10.8 Å². The van der Waals surface area contributed by atoms with E-state index in [0.717, 1.165) is 6.42 Å². The molecule has 0 saturated carbocycles. The van der Waals surface area contributed by atoms with Crippen LogP contribution < -0.4 is 5.19 Å². The van der Waals surface area contributed by atoms with Crippen LogP contribution in [0.4, 0.5) is 0 Å². The van der Waals surface area contributed by atoms with Crippen molar-refractivity contribution in [1.82, 2.24) is 0 Å². The van der Waals surface area contributed by atoms with Gasteiger partial charge in [-0.3, -0.25) is 0 Å². The Bertz CT molecular complexity index is 604. The Balaban J connectivity index is 2.31. The van der Waals surface area contributed by atoms with Gasteiger partial charge in [-0.05, 0) is 30.4 Å². The van der Waals surface area contributed by atoms with Gasteiger partial charge in [0.2, 0.25) is 0 Å². The molecule has 2 aromatic rings. The molecule has 0 unspecified atom stereocenters. The molecule has 1 nitrogen and oxygen atoms in total. The molecule has 0 aliphatic rings. The molecule has 122 valence electrons. The third kappa shape index (κ3) is 4.43. The van der Waals surface area contributed by atoms with E-state index in [0.29, 0.717) is 5.54 Å². The van der Waals surface area contributed by atoms with Crippen molar-refractivity contribution in [2.75, 3.05) is 6.61 Å². The topological polar surface area (TPSA) is 20.2 Å². The van der Waals surface area contributed by atoms with E-state index < -0.39 is 8.07 Å². The first kappa shape index (κ1) is 17.7. The van der Waals surface area contributed by atoms with Crippen LogP contribution in [-0.4, -0.2) is 19.8 Å².